The zero-order valence-electron chi connectivity index (χ0n) is 30.9. The standard InChI is InChI=1S/C51H35FN4/c1-51(2)41-18-8-6-16-37(41)49-42(51)19-11-21-46(49)55(36-15-10-12-34(52)30-36)44-28-24-32-23-27-40-45(29-25-33-22-26-39(44)47(32)48(33)40)56(35-13-4-3-5-14-35)50-38-17-7-9-20-43(38)53-31-54-50/h3-31H,1-2H3. The van der Waals surface area contributed by atoms with Gasteiger partial charge in [0.1, 0.15) is 18.0 Å². The van der Waals surface area contributed by atoms with Crippen molar-refractivity contribution in [3.05, 3.63) is 193 Å². The SMILES string of the molecule is CC1(C)c2ccccc2-c2c(N(c3cccc(F)c3)c3ccc4ccc5c(N(c6ccccc6)c6ncnc7ccccc67)ccc6ccc3c4c65)cccc21. The molecule has 266 valence electrons. The van der Waals surface area contributed by atoms with Gasteiger partial charge < -0.3 is 4.90 Å². The summed E-state index contributed by atoms with van der Waals surface area (Å²) in [6.45, 7) is 4.59. The second-order valence-corrected chi connectivity index (χ2v) is 15.2. The van der Waals surface area contributed by atoms with Crippen LogP contribution in [-0.4, -0.2) is 9.97 Å². The molecule has 1 heterocycles. The van der Waals surface area contributed by atoms with Gasteiger partial charge >= 0.3 is 0 Å². The summed E-state index contributed by atoms with van der Waals surface area (Å²) in [6.07, 6.45) is 1.65. The monoisotopic (exact) mass is 722 g/mol. The normalized spacial score (nSPS) is 13.1. The maximum absolute atomic E-state index is 15.3. The van der Waals surface area contributed by atoms with Gasteiger partial charge in [-0.25, -0.2) is 14.4 Å². The van der Waals surface area contributed by atoms with Crippen LogP contribution in [-0.2, 0) is 5.41 Å². The first-order valence-corrected chi connectivity index (χ1v) is 19.0. The van der Waals surface area contributed by atoms with Crippen molar-refractivity contribution in [2.45, 2.75) is 19.3 Å². The summed E-state index contributed by atoms with van der Waals surface area (Å²) in [7, 11) is 0. The number of rotatable bonds is 6. The van der Waals surface area contributed by atoms with E-state index < -0.39 is 0 Å². The Labute approximate surface area is 324 Å². The maximum Gasteiger partial charge on any atom is 0.148 e. The van der Waals surface area contributed by atoms with Crippen molar-refractivity contribution >= 4 is 77.5 Å². The van der Waals surface area contributed by atoms with Crippen LogP contribution in [0.15, 0.2) is 176 Å². The van der Waals surface area contributed by atoms with Crippen molar-refractivity contribution in [2.75, 3.05) is 9.80 Å². The van der Waals surface area contributed by atoms with Gasteiger partial charge in [-0.2, -0.15) is 0 Å². The fourth-order valence-corrected chi connectivity index (χ4v) is 9.23. The molecule has 0 saturated heterocycles. The molecule has 9 aromatic carbocycles. The van der Waals surface area contributed by atoms with Crippen molar-refractivity contribution in [1.29, 1.82) is 0 Å². The predicted molar refractivity (Wildman–Crippen MR) is 230 cm³/mol. The molecule has 0 saturated carbocycles. The van der Waals surface area contributed by atoms with Gasteiger partial charge in [0.25, 0.3) is 0 Å². The van der Waals surface area contributed by atoms with Crippen molar-refractivity contribution in [3.63, 3.8) is 0 Å². The molecule has 5 heteroatoms. The summed E-state index contributed by atoms with van der Waals surface area (Å²) in [4.78, 5) is 14.0. The lowest BCUT2D eigenvalue weighted by Crippen LogP contribution is -2.16. The molecule has 1 aliphatic rings. The van der Waals surface area contributed by atoms with E-state index in [9.17, 15) is 0 Å². The van der Waals surface area contributed by atoms with Gasteiger partial charge in [-0.3, -0.25) is 4.90 Å². The molecular formula is C51H35FN4. The Bertz CT molecular complexity index is 3150. The Hall–Kier alpha value is -7.11. The first kappa shape index (κ1) is 32.3. The summed E-state index contributed by atoms with van der Waals surface area (Å²) < 4.78 is 15.3. The lowest BCUT2D eigenvalue weighted by molar-refractivity contribution is 0.628. The molecule has 0 atom stereocenters. The van der Waals surface area contributed by atoms with Gasteiger partial charge in [0.2, 0.25) is 0 Å². The molecule has 56 heavy (non-hydrogen) atoms. The minimum Gasteiger partial charge on any atom is -0.309 e. The lowest BCUT2D eigenvalue weighted by atomic mass is 9.82. The highest BCUT2D eigenvalue weighted by Crippen LogP contribution is 2.55. The smallest absolute Gasteiger partial charge is 0.148 e. The fourth-order valence-electron chi connectivity index (χ4n) is 9.23. The largest absolute Gasteiger partial charge is 0.309 e. The Balaban J connectivity index is 1.20. The first-order valence-electron chi connectivity index (χ1n) is 19.0. The zero-order valence-corrected chi connectivity index (χ0v) is 30.9. The average Bonchev–Trinajstić information content (AvgIpc) is 3.48. The summed E-state index contributed by atoms with van der Waals surface area (Å²) in [5.74, 6) is 0.539. The summed E-state index contributed by atoms with van der Waals surface area (Å²) >= 11 is 0. The minimum atomic E-state index is -0.276. The van der Waals surface area contributed by atoms with E-state index in [2.05, 4.69) is 150 Å². The molecule has 0 radical (unpaired) electrons. The van der Waals surface area contributed by atoms with E-state index in [4.69, 9.17) is 4.98 Å². The number of hydrogen-bond donors (Lipinski definition) is 0. The van der Waals surface area contributed by atoms with Crippen LogP contribution < -0.4 is 9.80 Å². The van der Waals surface area contributed by atoms with E-state index in [1.807, 2.05) is 30.3 Å². The topological polar surface area (TPSA) is 32.3 Å². The van der Waals surface area contributed by atoms with Crippen LogP contribution in [0.2, 0.25) is 0 Å². The van der Waals surface area contributed by atoms with Crippen molar-refractivity contribution in [1.82, 2.24) is 9.97 Å². The second kappa shape index (κ2) is 12.2. The third-order valence-corrected chi connectivity index (χ3v) is 11.7. The fraction of sp³-hybridized carbons (Fsp3) is 0.0588. The van der Waals surface area contributed by atoms with Gasteiger partial charge in [0.05, 0.1) is 22.6 Å². The van der Waals surface area contributed by atoms with Crippen LogP contribution in [0.5, 0.6) is 0 Å². The van der Waals surface area contributed by atoms with Crippen LogP contribution in [0.1, 0.15) is 25.0 Å². The first-order chi connectivity index (χ1) is 27.5. The second-order valence-electron chi connectivity index (χ2n) is 15.2. The van der Waals surface area contributed by atoms with Crippen molar-refractivity contribution < 1.29 is 4.39 Å². The quantitative estimate of drug-likeness (QED) is 0.160. The highest BCUT2D eigenvalue weighted by molar-refractivity contribution is 6.28. The number of para-hydroxylation sites is 2. The van der Waals surface area contributed by atoms with Gasteiger partial charge in [-0.05, 0) is 98.9 Å². The number of halogens is 1. The molecule has 1 aliphatic carbocycles. The molecule has 0 N–H and O–H groups in total. The van der Waals surface area contributed by atoms with E-state index >= 15 is 4.39 Å². The number of aromatic nitrogens is 2. The van der Waals surface area contributed by atoms with E-state index in [0.717, 1.165) is 72.1 Å². The van der Waals surface area contributed by atoms with E-state index in [0.29, 0.717) is 0 Å². The van der Waals surface area contributed by atoms with E-state index in [1.165, 1.54) is 33.7 Å². The van der Waals surface area contributed by atoms with Gasteiger partial charge in [-0.1, -0.05) is 123 Å². The molecule has 0 unspecified atom stereocenters. The Morgan fingerprint density at radius 3 is 1.88 bits per heavy atom. The maximum atomic E-state index is 15.3. The molecule has 10 aromatic rings. The van der Waals surface area contributed by atoms with Crippen LogP contribution >= 0.6 is 0 Å². The average molecular weight is 723 g/mol. The highest BCUT2D eigenvalue weighted by atomic mass is 19.1. The Kier molecular flexibility index (Phi) is 7.05. The summed E-state index contributed by atoms with van der Waals surface area (Å²) in [5, 5.41) is 7.78. The van der Waals surface area contributed by atoms with Crippen LogP contribution in [0, 0.1) is 5.82 Å². The Morgan fingerprint density at radius 1 is 0.482 bits per heavy atom. The number of benzene rings is 9. The van der Waals surface area contributed by atoms with Gasteiger partial charge in [0.15, 0.2) is 0 Å². The highest BCUT2D eigenvalue weighted by Gasteiger charge is 2.38. The third-order valence-electron chi connectivity index (χ3n) is 11.7. The molecule has 1 aromatic heterocycles. The number of nitrogens with zero attached hydrogens (tertiary/aromatic N) is 4. The number of hydrogen-bond acceptors (Lipinski definition) is 4. The van der Waals surface area contributed by atoms with Crippen LogP contribution in [0.4, 0.5) is 38.6 Å². The minimum absolute atomic E-state index is 0.186. The lowest BCUT2D eigenvalue weighted by Gasteiger charge is -2.31. The summed E-state index contributed by atoms with van der Waals surface area (Å²) in [6, 6.07) is 58.6. The van der Waals surface area contributed by atoms with Gasteiger partial charge in [-0.15, -0.1) is 0 Å². The molecule has 0 fully saturated rings. The molecule has 4 nitrogen and oxygen atoms in total. The van der Waals surface area contributed by atoms with Crippen LogP contribution in [0.25, 0.3) is 54.3 Å². The van der Waals surface area contributed by atoms with Crippen molar-refractivity contribution in [2.24, 2.45) is 0 Å². The van der Waals surface area contributed by atoms with Crippen LogP contribution in [0.3, 0.4) is 0 Å². The zero-order chi connectivity index (χ0) is 37.5. The van der Waals surface area contributed by atoms with Crippen molar-refractivity contribution in [3.8, 4) is 11.1 Å². The molecule has 0 spiro atoms. The predicted octanol–water partition coefficient (Wildman–Crippen LogP) is 13.9. The number of fused-ring (bicyclic) bond motifs is 4. The summed E-state index contributed by atoms with van der Waals surface area (Å²) in [5.41, 5.74) is 10.5. The molecule has 11 rings (SSSR count). The third kappa shape index (κ3) is 4.70. The molecule has 0 bridgehead atoms. The Morgan fingerprint density at radius 2 is 1.11 bits per heavy atom. The molecular weight excluding hydrogens is 688 g/mol. The van der Waals surface area contributed by atoms with E-state index in [1.54, 1.807) is 18.5 Å². The van der Waals surface area contributed by atoms with Gasteiger partial charge in [0, 0.05) is 38.5 Å². The number of anilines is 6. The van der Waals surface area contributed by atoms with E-state index in [-0.39, 0.29) is 11.2 Å². The molecule has 0 amide bonds. The molecule has 0 aliphatic heterocycles.